The van der Waals surface area contributed by atoms with E-state index in [1.54, 1.807) is 30.3 Å². The maximum absolute atomic E-state index is 12.6. The highest BCUT2D eigenvalue weighted by molar-refractivity contribution is 7.89. The molecule has 2 aromatic carbocycles. The van der Waals surface area contributed by atoms with Gasteiger partial charge in [0.25, 0.3) is 5.91 Å². The molecule has 2 rings (SSSR count). The molecule has 0 aliphatic carbocycles. The van der Waals surface area contributed by atoms with E-state index in [1.165, 1.54) is 40.4 Å². The first-order valence-corrected chi connectivity index (χ1v) is 8.79. The predicted molar refractivity (Wildman–Crippen MR) is 94.8 cm³/mol. The fraction of sp³-hybridized carbons (Fsp3) is 0.235. The number of hydrogen-bond acceptors (Lipinski definition) is 5. The maximum atomic E-state index is 12.6. The second-order valence-electron chi connectivity index (χ2n) is 5.34. The Morgan fingerprint density at radius 3 is 2.36 bits per heavy atom. The lowest BCUT2D eigenvalue weighted by Gasteiger charge is -2.13. The summed E-state index contributed by atoms with van der Waals surface area (Å²) in [6.07, 6.45) is 0. The van der Waals surface area contributed by atoms with Gasteiger partial charge in [-0.3, -0.25) is 4.79 Å². The van der Waals surface area contributed by atoms with Crippen LogP contribution in [0.15, 0.2) is 47.4 Å². The average molecular weight is 364 g/mol. The molecular formula is C17H20N2O5S. The Bertz CT molecular complexity index is 878. The van der Waals surface area contributed by atoms with Gasteiger partial charge < -0.3 is 14.8 Å². The third-order valence-electron chi connectivity index (χ3n) is 3.52. The quantitative estimate of drug-likeness (QED) is 0.849. The zero-order chi connectivity index (χ0) is 18.6. The number of rotatable bonds is 6. The van der Waals surface area contributed by atoms with E-state index in [0.717, 1.165) is 4.31 Å². The van der Waals surface area contributed by atoms with Crippen molar-refractivity contribution in [1.29, 1.82) is 0 Å². The zero-order valence-electron chi connectivity index (χ0n) is 14.4. The molecule has 2 aromatic rings. The topological polar surface area (TPSA) is 84.9 Å². The number of hydrogen-bond donors (Lipinski definition) is 1. The minimum atomic E-state index is -3.59. The van der Waals surface area contributed by atoms with Gasteiger partial charge in [0.15, 0.2) is 0 Å². The molecule has 0 aliphatic rings. The van der Waals surface area contributed by atoms with Crippen LogP contribution in [0.1, 0.15) is 10.4 Å². The fourth-order valence-electron chi connectivity index (χ4n) is 2.14. The number of carbonyl (C=O) groups is 1. The van der Waals surface area contributed by atoms with Crippen LogP contribution in [0, 0.1) is 0 Å². The second-order valence-corrected chi connectivity index (χ2v) is 7.49. The molecule has 0 atom stereocenters. The van der Waals surface area contributed by atoms with E-state index in [-0.39, 0.29) is 10.5 Å². The van der Waals surface area contributed by atoms with Gasteiger partial charge in [0.05, 0.1) is 24.7 Å². The number of ether oxygens (including phenoxy) is 2. The first-order chi connectivity index (χ1) is 11.8. The number of sulfonamides is 1. The summed E-state index contributed by atoms with van der Waals surface area (Å²) in [5, 5.41) is 2.68. The Morgan fingerprint density at radius 2 is 1.76 bits per heavy atom. The molecule has 0 fully saturated rings. The molecule has 0 saturated heterocycles. The van der Waals surface area contributed by atoms with Crippen molar-refractivity contribution in [2.75, 3.05) is 33.6 Å². The van der Waals surface area contributed by atoms with Gasteiger partial charge in [-0.15, -0.1) is 0 Å². The third kappa shape index (κ3) is 4.09. The number of benzene rings is 2. The van der Waals surface area contributed by atoms with Gasteiger partial charge in [-0.05, 0) is 36.4 Å². The first-order valence-electron chi connectivity index (χ1n) is 7.35. The molecule has 0 aliphatic heterocycles. The molecule has 1 amide bonds. The smallest absolute Gasteiger partial charge is 0.259 e. The summed E-state index contributed by atoms with van der Waals surface area (Å²) in [4.78, 5) is 12.6. The number of carbonyl (C=O) groups excluding carboxylic acids is 1. The molecule has 0 bridgehead atoms. The second kappa shape index (κ2) is 7.54. The summed E-state index contributed by atoms with van der Waals surface area (Å²) in [6.45, 7) is 0. The molecule has 7 nitrogen and oxygen atoms in total. The number of anilines is 1. The SMILES string of the molecule is COc1ccc(OC)c(C(=O)Nc2cccc(S(=O)(=O)N(C)C)c2)c1. The van der Waals surface area contributed by atoms with Crippen molar-refractivity contribution >= 4 is 21.6 Å². The van der Waals surface area contributed by atoms with Crippen LogP contribution in [0.5, 0.6) is 11.5 Å². The highest BCUT2D eigenvalue weighted by Crippen LogP contribution is 2.25. The van der Waals surface area contributed by atoms with Crippen molar-refractivity contribution in [2.24, 2.45) is 0 Å². The third-order valence-corrected chi connectivity index (χ3v) is 5.33. The van der Waals surface area contributed by atoms with E-state index < -0.39 is 15.9 Å². The Balaban J connectivity index is 2.33. The number of nitrogens with zero attached hydrogens (tertiary/aromatic N) is 1. The van der Waals surface area contributed by atoms with Crippen molar-refractivity contribution in [1.82, 2.24) is 4.31 Å². The molecular weight excluding hydrogens is 344 g/mol. The summed E-state index contributed by atoms with van der Waals surface area (Å²) < 4.78 is 35.8. The largest absolute Gasteiger partial charge is 0.497 e. The minimum Gasteiger partial charge on any atom is -0.497 e. The van der Waals surface area contributed by atoms with Crippen LogP contribution >= 0.6 is 0 Å². The van der Waals surface area contributed by atoms with Crippen molar-refractivity contribution in [3.63, 3.8) is 0 Å². The monoisotopic (exact) mass is 364 g/mol. The van der Waals surface area contributed by atoms with Gasteiger partial charge in [0.2, 0.25) is 10.0 Å². The summed E-state index contributed by atoms with van der Waals surface area (Å²) >= 11 is 0. The van der Waals surface area contributed by atoms with Gasteiger partial charge in [0.1, 0.15) is 11.5 Å². The zero-order valence-corrected chi connectivity index (χ0v) is 15.3. The van der Waals surface area contributed by atoms with Crippen LogP contribution in [-0.4, -0.2) is 46.9 Å². The molecule has 0 spiro atoms. The van der Waals surface area contributed by atoms with Gasteiger partial charge in [-0.1, -0.05) is 6.07 Å². The lowest BCUT2D eigenvalue weighted by Crippen LogP contribution is -2.22. The summed E-state index contributed by atoms with van der Waals surface area (Å²) in [7, 11) is 2.27. The van der Waals surface area contributed by atoms with Crippen LogP contribution in [0.3, 0.4) is 0 Å². The molecule has 0 aromatic heterocycles. The van der Waals surface area contributed by atoms with Crippen LogP contribution in [-0.2, 0) is 10.0 Å². The highest BCUT2D eigenvalue weighted by Gasteiger charge is 2.19. The van der Waals surface area contributed by atoms with E-state index in [9.17, 15) is 13.2 Å². The van der Waals surface area contributed by atoms with E-state index in [0.29, 0.717) is 17.2 Å². The van der Waals surface area contributed by atoms with Gasteiger partial charge >= 0.3 is 0 Å². The standard InChI is InChI=1S/C17H20N2O5S/c1-19(2)25(21,22)14-7-5-6-12(10-14)18-17(20)15-11-13(23-3)8-9-16(15)24-4/h5-11H,1-4H3,(H,18,20). The number of nitrogens with one attached hydrogen (secondary N) is 1. The normalized spacial score (nSPS) is 11.2. The number of amides is 1. The molecule has 0 unspecified atom stereocenters. The van der Waals surface area contributed by atoms with E-state index >= 15 is 0 Å². The summed E-state index contributed by atoms with van der Waals surface area (Å²) in [6, 6.07) is 10.9. The molecule has 1 N–H and O–H groups in total. The van der Waals surface area contributed by atoms with E-state index in [1.807, 2.05) is 0 Å². The Hall–Kier alpha value is -2.58. The van der Waals surface area contributed by atoms with Crippen molar-refractivity contribution in [3.8, 4) is 11.5 Å². The van der Waals surface area contributed by atoms with Gasteiger partial charge in [-0.25, -0.2) is 12.7 Å². The molecule has 0 heterocycles. The van der Waals surface area contributed by atoms with Gasteiger partial charge in [0, 0.05) is 19.8 Å². The van der Waals surface area contributed by atoms with Crippen LogP contribution < -0.4 is 14.8 Å². The molecule has 25 heavy (non-hydrogen) atoms. The van der Waals surface area contributed by atoms with Gasteiger partial charge in [-0.2, -0.15) is 0 Å². The van der Waals surface area contributed by atoms with Crippen LogP contribution in [0.25, 0.3) is 0 Å². The summed E-state index contributed by atoms with van der Waals surface area (Å²) in [5.41, 5.74) is 0.639. The summed E-state index contributed by atoms with van der Waals surface area (Å²) in [5.74, 6) is 0.459. The van der Waals surface area contributed by atoms with E-state index in [2.05, 4.69) is 5.32 Å². The maximum Gasteiger partial charge on any atom is 0.259 e. The molecule has 0 saturated carbocycles. The van der Waals surface area contributed by atoms with Crippen LogP contribution in [0.2, 0.25) is 0 Å². The minimum absolute atomic E-state index is 0.0907. The Kier molecular flexibility index (Phi) is 5.66. The van der Waals surface area contributed by atoms with Crippen molar-refractivity contribution in [2.45, 2.75) is 4.90 Å². The Morgan fingerprint density at radius 1 is 1.04 bits per heavy atom. The molecule has 134 valence electrons. The lowest BCUT2D eigenvalue weighted by atomic mass is 10.1. The Labute approximate surface area is 147 Å². The van der Waals surface area contributed by atoms with Crippen molar-refractivity contribution < 1.29 is 22.7 Å². The predicted octanol–water partition coefficient (Wildman–Crippen LogP) is 2.21. The molecule has 0 radical (unpaired) electrons. The lowest BCUT2D eigenvalue weighted by molar-refractivity contribution is 0.102. The molecule has 8 heteroatoms. The fourth-order valence-corrected chi connectivity index (χ4v) is 3.08. The highest BCUT2D eigenvalue weighted by atomic mass is 32.2. The van der Waals surface area contributed by atoms with Crippen LogP contribution in [0.4, 0.5) is 5.69 Å². The number of methoxy groups -OCH3 is 2. The van der Waals surface area contributed by atoms with Crippen molar-refractivity contribution in [3.05, 3.63) is 48.0 Å². The average Bonchev–Trinajstić information content (AvgIpc) is 2.61. The first kappa shape index (κ1) is 18.8. The van der Waals surface area contributed by atoms with E-state index in [4.69, 9.17) is 9.47 Å².